The molecule has 0 spiro atoms. The summed E-state index contributed by atoms with van der Waals surface area (Å²) in [5.41, 5.74) is -0.175. The number of nitrogens with one attached hydrogen (secondary N) is 2. The third kappa shape index (κ3) is 3.59. The number of amides is 1. The molecule has 0 aliphatic carbocycles. The van der Waals surface area contributed by atoms with Gasteiger partial charge in [-0.15, -0.1) is 0 Å². The van der Waals surface area contributed by atoms with Crippen LogP contribution in [0.15, 0.2) is 24.3 Å². The van der Waals surface area contributed by atoms with E-state index in [1.807, 2.05) is 0 Å². The van der Waals surface area contributed by atoms with Gasteiger partial charge in [0.1, 0.15) is 35.5 Å². The second-order valence-corrected chi connectivity index (χ2v) is 7.51. The highest BCUT2D eigenvalue weighted by atomic mass is 35.5. The van der Waals surface area contributed by atoms with E-state index in [9.17, 15) is 18.7 Å². The number of aromatic amines is 1. The number of nitrogens with zero attached hydrogens (tertiary/aromatic N) is 2. The van der Waals surface area contributed by atoms with Crippen LogP contribution in [0.3, 0.4) is 0 Å². The van der Waals surface area contributed by atoms with E-state index in [0.29, 0.717) is 5.52 Å². The number of aromatic nitrogens is 3. The lowest BCUT2D eigenvalue weighted by Crippen LogP contribution is -2.34. The van der Waals surface area contributed by atoms with E-state index in [1.54, 1.807) is 0 Å². The van der Waals surface area contributed by atoms with Gasteiger partial charge in [-0.3, -0.25) is 4.79 Å². The fourth-order valence-corrected chi connectivity index (χ4v) is 3.81. The Kier molecular flexibility index (Phi) is 4.97. The molecule has 12 heteroatoms. The minimum absolute atomic E-state index is 0.0271. The molecular weight excluding hydrogens is 438 g/mol. The molecule has 2 fully saturated rings. The highest BCUT2D eigenvalue weighted by molar-refractivity contribution is 6.34. The molecule has 2 aliphatic rings. The zero-order chi connectivity index (χ0) is 21.7. The Morgan fingerprint density at radius 3 is 2.74 bits per heavy atom. The fourth-order valence-electron chi connectivity index (χ4n) is 3.61. The van der Waals surface area contributed by atoms with Gasteiger partial charge in [0.15, 0.2) is 17.6 Å². The van der Waals surface area contributed by atoms with Crippen LogP contribution in [0.1, 0.15) is 10.4 Å². The molecule has 4 atom stereocenters. The van der Waals surface area contributed by atoms with Crippen LogP contribution in [0.5, 0.6) is 6.01 Å². The summed E-state index contributed by atoms with van der Waals surface area (Å²) in [6, 6.07) is 4.65. The second-order valence-electron chi connectivity index (χ2n) is 7.10. The molecule has 5 rings (SSSR count). The zero-order valence-electron chi connectivity index (χ0n) is 15.6. The van der Waals surface area contributed by atoms with Crippen molar-refractivity contribution in [3.63, 3.8) is 0 Å². The number of carbonyl (C=O) groups excluding carboxylic acids is 1. The summed E-state index contributed by atoms with van der Waals surface area (Å²) >= 11 is 6.16. The lowest BCUT2D eigenvalue weighted by Gasteiger charge is -2.15. The quantitative estimate of drug-likeness (QED) is 0.554. The summed E-state index contributed by atoms with van der Waals surface area (Å²) in [5, 5.41) is 12.1. The van der Waals surface area contributed by atoms with Crippen LogP contribution in [0.4, 0.5) is 14.6 Å². The number of benzene rings is 1. The van der Waals surface area contributed by atoms with Gasteiger partial charge in [-0.2, -0.15) is 4.98 Å². The van der Waals surface area contributed by atoms with E-state index in [1.165, 1.54) is 6.07 Å². The molecule has 3 aromatic rings. The van der Waals surface area contributed by atoms with Crippen molar-refractivity contribution in [3.05, 3.63) is 46.5 Å². The van der Waals surface area contributed by atoms with Gasteiger partial charge in [0.2, 0.25) is 0 Å². The number of ether oxygens (including phenoxy) is 3. The number of anilines is 1. The standard InChI is InChI=1S/C19H15ClF2N4O5/c20-7-4-10-17(24-16(7)25-18(28)13-8(21)2-1-3-9(13)22)26-19(23-10)31-12-6-30-14-11(27)5-29-15(12)14/h1-4,11-12,14-15,27H,5-6H2,(H2,23,24,25,26,28)/t11-,12-,14-,15-/m1/s1. The normalized spacial score (nSPS) is 25.0. The molecule has 0 bridgehead atoms. The Morgan fingerprint density at radius 1 is 1.23 bits per heavy atom. The number of pyridine rings is 1. The Bertz CT molecular complexity index is 1160. The van der Waals surface area contributed by atoms with Crippen molar-refractivity contribution in [2.24, 2.45) is 0 Å². The van der Waals surface area contributed by atoms with E-state index < -0.39 is 47.5 Å². The minimum Gasteiger partial charge on any atom is -0.456 e. The van der Waals surface area contributed by atoms with Crippen LogP contribution in [-0.4, -0.2) is 63.6 Å². The predicted octanol–water partition coefficient (Wildman–Crippen LogP) is 2.05. The molecule has 1 amide bonds. The maximum Gasteiger partial charge on any atom is 0.296 e. The topological polar surface area (TPSA) is 119 Å². The SMILES string of the molecule is O=C(Nc1nc2nc(O[C@@H]3CO[C@H]4[C@@H]3OC[C@H]4O)[nH]c2cc1Cl)c1c(F)cccc1F. The molecule has 2 aromatic heterocycles. The van der Waals surface area contributed by atoms with Crippen LogP contribution in [-0.2, 0) is 9.47 Å². The average Bonchev–Trinajstić information content (AvgIpc) is 3.39. The van der Waals surface area contributed by atoms with Crippen LogP contribution in [0, 0.1) is 11.6 Å². The first kappa shape index (κ1) is 20.1. The van der Waals surface area contributed by atoms with E-state index >= 15 is 0 Å². The van der Waals surface area contributed by atoms with E-state index in [-0.39, 0.29) is 35.7 Å². The van der Waals surface area contributed by atoms with Gasteiger partial charge in [-0.1, -0.05) is 17.7 Å². The fraction of sp³-hybridized carbons (Fsp3) is 0.316. The van der Waals surface area contributed by atoms with Crippen molar-refractivity contribution in [1.82, 2.24) is 15.0 Å². The van der Waals surface area contributed by atoms with Crippen molar-refractivity contribution in [1.29, 1.82) is 0 Å². The number of aliphatic hydroxyl groups is 1. The summed E-state index contributed by atoms with van der Waals surface area (Å²) in [7, 11) is 0. The molecule has 3 N–H and O–H groups in total. The van der Waals surface area contributed by atoms with E-state index in [4.69, 9.17) is 25.8 Å². The van der Waals surface area contributed by atoms with Crippen LogP contribution < -0.4 is 10.1 Å². The molecule has 4 heterocycles. The van der Waals surface area contributed by atoms with Gasteiger partial charge in [0, 0.05) is 0 Å². The average molecular weight is 453 g/mol. The molecule has 31 heavy (non-hydrogen) atoms. The van der Waals surface area contributed by atoms with Gasteiger partial charge in [0.05, 0.1) is 23.8 Å². The Labute approximate surface area is 178 Å². The van der Waals surface area contributed by atoms with Crippen LogP contribution >= 0.6 is 11.6 Å². The minimum atomic E-state index is -1.04. The van der Waals surface area contributed by atoms with Crippen molar-refractivity contribution < 1.29 is 32.9 Å². The van der Waals surface area contributed by atoms with Crippen molar-refractivity contribution in [2.45, 2.75) is 24.4 Å². The van der Waals surface area contributed by atoms with Crippen molar-refractivity contribution in [3.8, 4) is 6.01 Å². The number of H-pyrrole nitrogens is 1. The van der Waals surface area contributed by atoms with Crippen molar-refractivity contribution in [2.75, 3.05) is 18.5 Å². The highest BCUT2D eigenvalue weighted by Gasteiger charge is 2.48. The number of carbonyl (C=O) groups is 1. The molecule has 162 valence electrons. The number of fused-ring (bicyclic) bond motifs is 2. The Hall–Kier alpha value is -2.86. The molecule has 0 radical (unpaired) electrons. The van der Waals surface area contributed by atoms with Crippen molar-refractivity contribution >= 4 is 34.5 Å². The van der Waals surface area contributed by atoms with Gasteiger partial charge < -0.3 is 29.6 Å². The van der Waals surface area contributed by atoms with Gasteiger partial charge in [-0.25, -0.2) is 13.8 Å². The first-order valence-corrected chi connectivity index (χ1v) is 9.68. The predicted molar refractivity (Wildman–Crippen MR) is 103 cm³/mol. The largest absolute Gasteiger partial charge is 0.456 e. The van der Waals surface area contributed by atoms with Gasteiger partial charge in [-0.05, 0) is 18.2 Å². The van der Waals surface area contributed by atoms with Crippen LogP contribution in [0.25, 0.3) is 11.2 Å². The maximum absolute atomic E-state index is 13.8. The highest BCUT2D eigenvalue weighted by Crippen LogP contribution is 2.31. The number of rotatable bonds is 4. The first-order chi connectivity index (χ1) is 14.9. The lowest BCUT2D eigenvalue weighted by atomic mass is 10.1. The monoisotopic (exact) mass is 452 g/mol. The number of aliphatic hydroxyl groups excluding tert-OH is 1. The molecule has 2 saturated heterocycles. The maximum atomic E-state index is 13.8. The summed E-state index contributed by atoms with van der Waals surface area (Å²) in [6.07, 6.45) is -2.07. The number of halogens is 3. The third-order valence-corrected chi connectivity index (χ3v) is 5.36. The molecule has 9 nitrogen and oxygen atoms in total. The lowest BCUT2D eigenvalue weighted by molar-refractivity contribution is 0.00706. The number of hydrogen-bond acceptors (Lipinski definition) is 7. The molecule has 1 aromatic carbocycles. The summed E-state index contributed by atoms with van der Waals surface area (Å²) in [4.78, 5) is 23.6. The molecule has 0 unspecified atom stereocenters. The summed E-state index contributed by atoms with van der Waals surface area (Å²) < 4.78 is 44.5. The smallest absolute Gasteiger partial charge is 0.296 e. The molecule has 0 saturated carbocycles. The zero-order valence-corrected chi connectivity index (χ0v) is 16.4. The van der Waals surface area contributed by atoms with Gasteiger partial charge in [0.25, 0.3) is 11.9 Å². The molecular formula is C19H15ClF2N4O5. The summed E-state index contributed by atoms with van der Waals surface area (Å²) in [5.74, 6) is -3.18. The Balaban J connectivity index is 1.37. The number of hydrogen-bond donors (Lipinski definition) is 3. The molecule has 2 aliphatic heterocycles. The third-order valence-electron chi connectivity index (χ3n) is 5.07. The Morgan fingerprint density at radius 2 is 1.97 bits per heavy atom. The number of imidazole rings is 1. The summed E-state index contributed by atoms with van der Waals surface area (Å²) in [6.45, 7) is 0.380. The first-order valence-electron chi connectivity index (χ1n) is 9.30. The van der Waals surface area contributed by atoms with E-state index in [0.717, 1.165) is 18.2 Å². The van der Waals surface area contributed by atoms with E-state index in [2.05, 4.69) is 20.3 Å². The van der Waals surface area contributed by atoms with Crippen LogP contribution in [0.2, 0.25) is 5.02 Å². The van der Waals surface area contributed by atoms with Gasteiger partial charge >= 0.3 is 0 Å². The second kappa shape index (κ2) is 7.68.